The fourth-order valence-corrected chi connectivity index (χ4v) is 3.91. The first-order chi connectivity index (χ1) is 8.24. The summed E-state index contributed by atoms with van der Waals surface area (Å²) in [4.78, 5) is 6.95. The SMILES string of the molecule is NC1C=C(c2ccc(Br)s2)N(C2CCCC2)O1. The van der Waals surface area contributed by atoms with Crippen LogP contribution in [0, 0.1) is 0 Å². The van der Waals surface area contributed by atoms with Crippen molar-refractivity contribution in [3.8, 4) is 0 Å². The normalized spacial score (nSPS) is 25.6. The summed E-state index contributed by atoms with van der Waals surface area (Å²) >= 11 is 5.22. The minimum absolute atomic E-state index is 0.300. The van der Waals surface area contributed by atoms with Gasteiger partial charge in [-0.25, -0.2) is 5.06 Å². The Morgan fingerprint density at radius 3 is 2.76 bits per heavy atom. The van der Waals surface area contributed by atoms with Gasteiger partial charge in [-0.15, -0.1) is 11.3 Å². The van der Waals surface area contributed by atoms with Gasteiger partial charge >= 0.3 is 0 Å². The van der Waals surface area contributed by atoms with Crippen molar-refractivity contribution in [1.29, 1.82) is 0 Å². The Hall–Kier alpha value is -0.360. The van der Waals surface area contributed by atoms with Crippen molar-refractivity contribution in [2.24, 2.45) is 5.73 Å². The van der Waals surface area contributed by atoms with Crippen molar-refractivity contribution < 1.29 is 4.84 Å². The Bertz CT molecular complexity index is 439. The summed E-state index contributed by atoms with van der Waals surface area (Å²) in [7, 11) is 0. The van der Waals surface area contributed by atoms with Gasteiger partial charge in [0.05, 0.1) is 20.4 Å². The minimum atomic E-state index is -0.300. The Balaban J connectivity index is 1.87. The summed E-state index contributed by atoms with van der Waals surface area (Å²) in [6.45, 7) is 0. The zero-order valence-corrected chi connectivity index (χ0v) is 11.8. The molecule has 1 aliphatic carbocycles. The third-order valence-corrected chi connectivity index (χ3v) is 4.92. The topological polar surface area (TPSA) is 38.5 Å². The lowest BCUT2D eigenvalue weighted by Gasteiger charge is -2.27. The van der Waals surface area contributed by atoms with Crippen LogP contribution in [0.15, 0.2) is 22.0 Å². The van der Waals surface area contributed by atoms with Crippen molar-refractivity contribution in [2.45, 2.75) is 38.0 Å². The lowest BCUT2D eigenvalue weighted by atomic mass is 10.2. The van der Waals surface area contributed by atoms with Crippen LogP contribution < -0.4 is 5.73 Å². The highest BCUT2D eigenvalue weighted by atomic mass is 79.9. The number of hydrogen-bond donors (Lipinski definition) is 1. The minimum Gasteiger partial charge on any atom is -0.301 e. The number of hydrogen-bond acceptors (Lipinski definition) is 4. The summed E-state index contributed by atoms with van der Waals surface area (Å²) in [6, 6.07) is 4.68. The predicted molar refractivity (Wildman–Crippen MR) is 73.2 cm³/mol. The molecule has 0 radical (unpaired) electrons. The fourth-order valence-electron chi connectivity index (χ4n) is 2.51. The van der Waals surface area contributed by atoms with Crippen LogP contribution >= 0.6 is 27.3 Å². The van der Waals surface area contributed by atoms with Crippen LogP contribution in [0.4, 0.5) is 0 Å². The maximum Gasteiger partial charge on any atom is 0.155 e. The van der Waals surface area contributed by atoms with Gasteiger partial charge in [0.2, 0.25) is 0 Å². The molecule has 1 unspecified atom stereocenters. The van der Waals surface area contributed by atoms with Crippen molar-refractivity contribution in [3.63, 3.8) is 0 Å². The molecule has 5 heteroatoms. The van der Waals surface area contributed by atoms with Gasteiger partial charge in [-0.1, -0.05) is 12.8 Å². The van der Waals surface area contributed by atoms with Gasteiger partial charge in [0.1, 0.15) is 0 Å². The molecular formula is C12H15BrN2OS. The van der Waals surface area contributed by atoms with Crippen LogP contribution in [0.3, 0.4) is 0 Å². The molecule has 1 atom stereocenters. The molecule has 0 aromatic carbocycles. The van der Waals surface area contributed by atoms with Crippen LogP contribution in [-0.2, 0) is 4.84 Å². The summed E-state index contributed by atoms with van der Waals surface area (Å²) in [6.07, 6.45) is 6.71. The van der Waals surface area contributed by atoms with E-state index in [1.54, 1.807) is 11.3 Å². The van der Waals surface area contributed by atoms with E-state index in [4.69, 9.17) is 10.6 Å². The molecule has 3 nitrogen and oxygen atoms in total. The molecule has 2 heterocycles. The van der Waals surface area contributed by atoms with Gasteiger partial charge in [-0.2, -0.15) is 0 Å². The highest BCUT2D eigenvalue weighted by Crippen LogP contribution is 2.38. The Morgan fingerprint density at radius 1 is 1.35 bits per heavy atom. The first-order valence-corrected chi connectivity index (χ1v) is 7.54. The Labute approximate surface area is 113 Å². The molecule has 92 valence electrons. The second kappa shape index (κ2) is 4.72. The van der Waals surface area contributed by atoms with E-state index in [-0.39, 0.29) is 6.23 Å². The summed E-state index contributed by atoms with van der Waals surface area (Å²) in [5.74, 6) is 0. The summed E-state index contributed by atoms with van der Waals surface area (Å²) in [5.41, 5.74) is 7.02. The van der Waals surface area contributed by atoms with Crippen LogP contribution in [0.1, 0.15) is 30.6 Å². The molecule has 1 saturated carbocycles. The highest BCUT2D eigenvalue weighted by molar-refractivity contribution is 9.11. The van der Waals surface area contributed by atoms with E-state index in [1.165, 1.54) is 30.6 Å². The molecule has 1 aliphatic heterocycles. The first-order valence-electron chi connectivity index (χ1n) is 5.93. The number of nitrogens with two attached hydrogens (primary N) is 1. The fraction of sp³-hybridized carbons (Fsp3) is 0.500. The monoisotopic (exact) mass is 314 g/mol. The van der Waals surface area contributed by atoms with Gasteiger partial charge in [-0.05, 0) is 47.0 Å². The number of thiophene rings is 1. The molecule has 1 fully saturated rings. The maximum absolute atomic E-state index is 5.88. The number of rotatable bonds is 2. The zero-order valence-electron chi connectivity index (χ0n) is 9.43. The van der Waals surface area contributed by atoms with E-state index < -0.39 is 0 Å². The molecule has 0 saturated heterocycles. The van der Waals surface area contributed by atoms with Gasteiger partial charge < -0.3 is 5.73 Å². The van der Waals surface area contributed by atoms with Gasteiger partial charge in [-0.3, -0.25) is 4.84 Å². The number of halogens is 1. The van der Waals surface area contributed by atoms with E-state index in [0.29, 0.717) is 6.04 Å². The third-order valence-electron chi connectivity index (χ3n) is 3.28. The molecule has 0 bridgehead atoms. The quantitative estimate of drug-likeness (QED) is 0.910. The highest BCUT2D eigenvalue weighted by Gasteiger charge is 2.32. The van der Waals surface area contributed by atoms with Crippen LogP contribution in [0.5, 0.6) is 0 Å². The molecule has 3 rings (SSSR count). The van der Waals surface area contributed by atoms with E-state index in [0.717, 1.165) is 9.48 Å². The van der Waals surface area contributed by atoms with Gasteiger partial charge in [0.25, 0.3) is 0 Å². The van der Waals surface area contributed by atoms with Crippen molar-refractivity contribution in [2.75, 3.05) is 0 Å². The average molecular weight is 315 g/mol. The Morgan fingerprint density at radius 2 is 2.12 bits per heavy atom. The first kappa shape index (κ1) is 11.7. The number of nitrogens with zero attached hydrogens (tertiary/aromatic N) is 1. The molecule has 1 aromatic heterocycles. The standard InChI is InChI=1S/C12H15BrN2OS/c13-11-6-5-10(17-11)9-7-12(14)16-15(9)8-3-1-2-4-8/h5-8,12H,1-4,14H2. The van der Waals surface area contributed by atoms with E-state index in [1.807, 2.05) is 11.1 Å². The van der Waals surface area contributed by atoms with E-state index in [9.17, 15) is 0 Å². The third kappa shape index (κ3) is 2.29. The largest absolute Gasteiger partial charge is 0.301 e. The van der Waals surface area contributed by atoms with E-state index >= 15 is 0 Å². The lowest BCUT2D eigenvalue weighted by Crippen LogP contribution is -2.32. The molecular weight excluding hydrogens is 300 g/mol. The summed E-state index contributed by atoms with van der Waals surface area (Å²) in [5, 5.41) is 2.04. The van der Waals surface area contributed by atoms with Gasteiger partial charge in [0.15, 0.2) is 6.23 Å². The maximum atomic E-state index is 5.88. The van der Waals surface area contributed by atoms with Gasteiger partial charge in [0, 0.05) is 0 Å². The van der Waals surface area contributed by atoms with E-state index in [2.05, 4.69) is 28.1 Å². The van der Waals surface area contributed by atoms with Crippen LogP contribution in [-0.4, -0.2) is 17.3 Å². The summed E-state index contributed by atoms with van der Waals surface area (Å²) < 4.78 is 1.14. The average Bonchev–Trinajstić information content (AvgIpc) is 2.96. The zero-order chi connectivity index (χ0) is 11.8. The lowest BCUT2D eigenvalue weighted by molar-refractivity contribution is -0.144. The molecule has 2 N–H and O–H groups in total. The predicted octanol–water partition coefficient (Wildman–Crippen LogP) is 3.33. The molecule has 2 aliphatic rings. The van der Waals surface area contributed by atoms with Crippen molar-refractivity contribution >= 4 is 33.0 Å². The van der Waals surface area contributed by atoms with Crippen LogP contribution in [0.2, 0.25) is 0 Å². The molecule has 17 heavy (non-hydrogen) atoms. The van der Waals surface area contributed by atoms with Crippen LogP contribution in [0.25, 0.3) is 5.70 Å². The molecule has 0 spiro atoms. The molecule has 1 aromatic rings. The second-order valence-corrected chi connectivity index (χ2v) is 6.95. The molecule has 0 amide bonds. The Kier molecular flexibility index (Phi) is 3.25. The number of hydroxylamine groups is 2. The smallest absolute Gasteiger partial charge is 0.155 e. The second-order valence-electron chi connectivity index (χ2n) is 4.49. The van der Waals surface area contributed by atoms with Crippen molar-refractivity contribution in [1.82, 2.24) is 5.06 Å². The van der Waals surface area contributed by atoms with Crippen molar-refractivity contribution in [3.05, 3.63) is 26.9 Å².